The van der Waals surface area contributed by atoms with Gasteiger partial charge in [0, 0.05) is 11.9 Å². The van der Waals surface area contributed by atoms with E-state index in [1.165, 1.54) is 11.3 Å². The first-order valence-corrected chi connectivity index (χ1v) is 12.7. The zero-order chi connectivity index (χ0) is 25.2. The van der Waals surface area contributed by atoms with Crippen LogP contribution in [0.5, 0.6) is 5.75 Å². The zero-order valence-corrected chi connectivity index (χ0v) is 22.5. The summed E-state index contributed by atoms with van der Waals surface area (Å²) < 4.78 is 12.3. The fourth-order valence-electron chi connectivity index (χ4n) is 4.29. The van der Waals surface area contributed by atoms with Gasteiger partial charge in [0.1, 0.15) is 22.4 Å². The number of halogens is 1. The van der Waals surface area contributed by atoms with E-state index >= 15 is 0 Å². The van der Waals surface area contributed by atoms with Gasteiger partial charge in [0.25, 0.3) is 5.91 Å². The minimum Gasteiger partial charge on any atom is -0.492 e. The molecule has 7 nitrogen and oxygen atoms in total. The molecule has 0 radical (unpaired) electrons. The number of nitrogens with zero attached hydrogens (tertiary/aromatic N) is 3. The molecule has 2 heterocycles. The average molecular weight is 538 g/mol. The number of carbonyl (C=O) groups is 1. The molecule has 1 amide bonds. The summed E-state index contributed by atoms with van der Waals surface area (Å²) in [5.74, 6) is 0.254. The maximum absolute atomic E-state index is 13.9. The van der Waals surface area contributed by atoms with Gasteiger partial charge in [-0.15, -0.1) is 12.4 Å². The molecular formula is C28H28ClN3O4S. The maximum Gasteiger partial charge on any atom is 0.349 e. The number of rotatable bonds is 8. The van der Waals surface area contributed by atoms with Crippen molar-refractivity contribution in [2.24, 2.45) is 0 Å². The van der Waals surface area contributed by atoms with Gasteiger partial charge in [0.2, 0.25) is 0 Å². The Labute approximate surface area is 224 Å². The summed E-state index contributed by atoms with van der Waals surface area (Å²) in [7, 11) is 3.97. The number of hydrogen-bond acceptors (Lipinski definition) is 7. The summed E-state index contributed by atoms with van der Waals surface area (Å²) in [4.78, 5) is 35.3. The molecule has 3 aromatic carbocycles. The lowest BCUT2D eigenvalue weighted by Gasteiger charge is -2.20. The molecule has 0 fully saturated rings. The van der Waals surface area contributed by atoms with Crippen LogP contribution in [-0.2, 0) is 0 Å². The van der Waals surface area contributed by atoms with Gasteiger partial charge < -0.3 is 14.1 Å². The Morgan fingerprint density at radius 1 is 1.03 bits per heavy atom. The number of fused-ring (bicyclic) bond motifs is 4. The fourth-order valence-corrected chi connectivity index (χ4v) is 5.30. The van der Waals surface area contributed by atoms with Gasteiger partial charge in [-0.05, 0) is 69.0 Å². The highest BCUT2D eigenvalue weighted by Crippen LogP contribution is 2.35. The first kappa shape index (κ1) is 26.6. The van der Waals surface area contributed by atoms with E-state index in [0.29, 0.717) is 35.1 Å². The van der Waals surface area contributed by atoms with E-state index in [4.69, 9.17) is 14.1 Å². The number of benzene rings is 3. The van der Waals surface area contributed by atoms with Crippen LogP contribution in [0, 0.1) is 0 Å². The Morgan fingerprint density at radius 2 is 1.84 bits per heavy atom. The molecule has 0 unspecified atom stereocenters. The molecule has 0 aliphatic heterocycles. The highest BCUT2D eigenvalue weighted by molar-refractivity contribution is 7.22. The second-order valence-corrected chi connectivity index (χ2v) is 9.80. The molecule has 0 bridgehead atoms. The molecule has 5 rings (SSSR count). The van der Waals surface area contributed by atoms with E-state index in [-0.39, 0.29) is 18.0 Å². The standard InChI is InChI=1S/C28H27N3O4S.ClH/c1-4-34-23-11-7-12-24-25(23)29-28(36-24)31(16-8-15-30(2)3)26(32)21-17-20-19-10-6-5-9-18(19)13-14-22(20)35-27(21)33;/h5-7,9-14,17H,4,8,15-16H2,1-3H3;1H. The Bertz CT molecular complexity index is 1630. The molecule has 0 atom stereocenters. The third kappa shape index (κ3) is 5.32. The van der Waals surface area contributed by atoms with Gasteiger partial charge >= 0.3 is 5.63 Å². The highest BCUT2D eigenvalue weighted by Gasteiger charge is 2.25. The lowest BCUT2D eigenvalue weighted by molar-refractivity contribution is 0.0982. The third-order valence-corrected chi connectivity index (χ3v) is 7.05. The van der Waals surface area contributed by atoms with Crippen LogP contribution >= 0.6 is 23.7 Å². The summed E-state index contributed by atoms with van der Waals surface area (Å²) in [5.41, 5.74) is 0.501. The van der Waals surface area contributed by atoms with Crippen molar-refractivity contribution in [1.29, 1.82) is 0 Å². The molecule has 0 aliphatic rings. The lowest BCUT2D eigenvalue weighted by Crippen LogP contribution is -2.36. The predicted octanol–water partition coefficient (Wildman–Crippen LogP) is 5.97. The summed E-state index contributed by atoms with van der Waals surface area (Å²) in [6.07, 6.45) is 0.717. The van der Waals surface area contributed by atoms with Crippen LogP contribution in [0.15, 0.2) is 69.9 Å². The Hall–Kier alpha value is -3.46. The topological polar surface area (TPSA) is 75.9 Å². The minimum atomic E-state index is -0.656. The molecule has 9 heteroatoms. The number of para-hydroxylation sites is 1. The van der Waals surface area contributed by atoms with E-state index in [9.17, 15) is 9.59 Å². The number of amides is 1. The monoisotopic (exact) mass is 537 g/mol. The van der Waals surface area contributed by atoms with E-state index in [2.05, 4.69) is 4.90 Å². The molecule has 37 heavy (non-hydrogen) atoms. The average Bonchev–Trinajstić information content (AvgIpc) is 3.31. The summed E-state index contributed by atoms with van der Waals surface area (Å²) >= 11 is 1.41. The van der Waals surface area contributed by atoms with Gasteiger partial charge in [-0.25, -0.2) is 9.78 Å². The fraction of sp³-hybridized carbons (Fsp3) is 0.250. The van der Waals surface area contributed by atoms with E-state index in [0.717, 1.165) is 33.8 Å². The first-order valence-electron chi connectivity index (χ1n) is 11.9. The van der Waals surface area contributed by atoms with Gasteiger partial charge in [-0.1, -0.05) is 47.7 Å². The minimum absolute atomic E-state index is 0. The quantitative estimate of drug-likeness (QED) is 0.179. The highest BCUT2D eigenvalue weighted by atomic mass is 35.5. The molecule has 0 aliphatic carbocycles. The number of hydrogen-bond donors (Lipinski definition) is 0. The van der Waals surface area contributed by atoms with Crippen LogP contribution in [0.4, 0.5) is 5.13 Å². The zero-order valence-electron chi connectivity index (χ0n) is 20.9. The van der Waals surface area contributed by atoms with Gasteiger partial charge in [-0.2, -0.15) is 0 Å². The Morgan fingerprint density at radius 3 is 2.62 bits per heavy atom. The lowest BCUT2D eigenvalue weighted by atomic mass is 10.0. The number of thiazole rings is 1. The SMILES string of the molecule is CCOc1cccc2sc(N(CCCN(C)C)C(=O)c3cc4c(ccc5ccccc54)oc3=O)nc12.Cl. The second-order valence-electron chi connectivity index (χ2n) is 8.79. The molecule has 2 aromatic heterocycles. The Kier molecular flexibility index (Phi) is 8.12. The second kappa shape index (κ2) is 11.3. The van der Waals surface area contributed by atoms with Crippen molar-refractivity contribution >= 4 is 66.7 Å². The molecule has 0 N–H and O–H groups in total. The normalized spacial score (nSPS) is 11.2. The number of ether oxygens (including phenoxy) is 1. The molecule has 192 valence electrons. The van der Waals surface area contributed by atoms with Crippen molar-refractivity contribution in [3.63, 3.8) is 0 Å². The van der Waals surface area contributed by atoms with E-state index < -0.39 is 11.5 Å². The van der Waals surface area contributed by atoms with Gasteiger partial charge in [-0.3, -0.25) is 9.69 Å². The van der Waals surface area contributed by atoms with Crippen molar-refractivity contribution in [2.75, 3.05) is 38.7 Å². The number of anilines is 1. The van der Waals surface area contributed by atoms with E-state index in [1.54, 1.807) is 17.0 Å². The molecule has 0 saturated heterocycles. The van der Waals surface area contributed by atoms with Crippen LogP contribution in [0.1, 0.15) is 23.7 Å². The van der Waals surface area contributed by atoms with Crippen molar-refractivity contribution in [3.8, 4) is 5.75 Å². The van der Waals surface area contributed by atoms with Gasteiger partial charge in [0.15, 0.2) is 5.13 Å². The molecular weight excluding hydrogens is 510 g/mol. The van der Waals surface area contributed by atoms with Crippen LogP contribution in [0.2, 0.25) is 0 Å². The molecule has 5 aromatic rings. The number of aromatic nitrogens is 1. The van der Waals surface area contributed by atoms with Crippen molar-refractivity contribution in [3.05, 3.63) is 76.6 Å². The first-order chi connectivity index (χ1) is 17.5. The smallest absolute Gasteiger partial charge is 0.349 e. The van der Waals surface area contributed by atoms with Gasteiger partial charge in [0.05, 0.1) is 11.3 Å². The largest absolute Gasteiger partial charge is 0.492 e. The van der Waals surface area contributed by atoms with Crippen LogP contribution < -0.4 is 15.3 Å². The summed E-state index contributed by atoms with van der Waals surface area (Å²) in [5, 5.41) is 3.19. The summed E-state index contributed by atoms with van der Waals surface area (Å²) in [6, 6.07) is 18.9. The van der Waals surface area contributed by atoms with Crippen molar-refractivity contribution in [1.82, 2.24) is 9.88 Å². The molecule has 0 spiro atoms. The molecule has 0 saturated carbocycles. The van der Waals surface area contributed by atoms with Crippen molar-refractivity contribution < 1.29 is 13.9 Å². The van der Waals surface area contributed by atoms with E-state index in [1.807, 2.05) is 69.6 Å². The predicted molar refractivity (Wildman–Crippen MR) is 153 cm³/mol. The summed E-state index contributed by atoms with van der Waals surface area (Å²) in [6.45, 7) is 3.64. The Balaban J connectivity index is 0.00000320. The third-order valence-electron chi connectivity index (χ3n) is 6.01. The van der Waals surface area contributed by atoms with Crippen LogP contribution in [0.3, 0.4) is 0 Å². The van der Waals surface area contributed by atoms with Crippen LogP contribution in [0.25, 0.3) is 32.0 Å². The number of carbonyl (C=O) groups excluding carboxylic acids is 1. The maximum atomic E-state index is 13.9. The van der Waals surface area contributed by atoms with Crippen molar-refractivity contribution in [2.45, 2.75) is 13.3 Å². The van der Waals surface area contributed by atoms with Crippen LogP contribution in [-0.4, -0.2) is 49.6 Å².